The summed E-state index contributed by atoms with van der Waals surface area (Å²) in [7, 11) is 1.96. The van der Waals surface area contributed by atoms with Crippen molar-refractivity contribution in [3.63, 3.8) is 0 Å². The van der Waals surface area contributed by atoms with E-state index in [1.165, 1.54) is 5.56 Å². The van der Waals surface area contributed by atoms with Crippen molar-refractivity contribution in [3.05, 3.63) is 65.5 Å². The van der Waals surface area contributed by atoms with Crippen molar-refractivity contribution >= 4 is 16.9 Å². The van der Waals surface area contributed by atoms with Gasteiger partial charge >= 0.3 is 0 Å². The van der Waals surface area contributed by atoms with E-state index in [2.05, 4.69) is 50.1 Å². The van der Waals surface area contributed by atoms with Crippen molar-refractivity contribution in [1.82, 2.24) is 14.9 Å². The number of nitrogens with zero attached hydrogens (tertiary/aromatic N) is 2. The van der Waals surface area contributed by atoms with Crippen LogP contribution in [0.15, 0.2) is 48.7 Å². The van der Waals surface area contributed by atoms with Crippen LogP contribution in [0.3, 0.4) is 0 Å². The van der Waals surface area contributed by atoms with Crippen LogP contribution in [0.2, 0.25) is 0 Å². The minimum atomic E-state index is -0.441. The summed E-state index contributed by atoms with van der Waals surface area (Å²) in [5, 5.41) is 4.21. The van der Waals surface area contributed by atoms with Crippen molar-refractivity contribution in [2.24, 2.45) is 7.05 Å². The number of carbonyl (C=O) groups excluding carboxylic acids is 1. The fourth-order valence-electron chi connectivity index (χ4n) is 3.23. The number of pyridine rings is 1. The van der Waals surface area contributed by atoms with Gasteiger partial charge in [-0.2, -0.15) is 0 Å². The summed E-state index contributed by atoms with van der Waals surface area (Å²) < 4.78 is 1.96. The van der Waals surface area contributed by atoms with Crippen molar-refractivity contribution in [2.45, 2.75) is 45.6 Å². The SMILES string of the molecule is Cc1nc2c(ccn2C)cc1C(=O)NC(C)(C)C(C)(C)c1ccccc1. The summed E-state index contributed by atoms with van der Waals surface area (Å²) in [6.45, 7) is 10.3. The molecule has 0 unspecified atom stereocenters. The molecule has 136 valence electrons. The Bertz CT molecular complexity index is 952. The number of hydrogen-bond donors (Lipinski definition) is 1. The number of fused-ring (bicyclic) bond motifs is 1. The molecule has 0 atom stereocenters. The molecule has 2 heterocycles. The fraction of sp³-hybridized carbons (Fsp3) is 0.364. The van der Waals surface area contributed by atoms with E-state index >= 15 is 0 Å². The Kier molecular flexibility index (Phi) is 4.39. The molecule has 4 nitrogen and oxygen atoms in total. The monoisotopic (exact) mass is 349 g/mol. The first-order valence-corrected chi connectivity index (χ1v) is 8.94. The summed E-state index contributed by atoms with van der Waals surface area (Å²) in [5.41, 5.74) is 2.78. The van der Waals surface area contributed by atoms with E-state index in [-0.39, 0.29) is 11.3 Å². The quantitative estimate of drug-likeness (QED) is 0.760. The highest BCUT2D eigenvalue weighted by atomic mass is 16.1. The van der Waals surface area contributed by atoms with Crippen LogP contribution in [-0.2, 0) is 12.5 Å². The molecule has 4 heteroatoms. The highest BCUT2D eigenvalue weighted by Gasteiger charge is 2.39. The second-order valence-corrected chi connectivity index (χ2v) is 8.03. The Morgan fingerprint density at radius 1 is 1.08 bits per heavy atom. The van der Waals surface area contributed by atoms with Gasteiger partial charge in [0.1, 0.15) is 5.65 Å². The topological polar surface area (TPSA) is 46.9 Å². The van der Waals surface area contributed by atoms with Crippen LogP contribution in [0.4, 0.5) is 0 Å². The van der Waals surface area contributed by atoms with Crippen LogP contribution in [0.1, 0.15) is 49.3 Å². The van der Waals surface area contributed by atoms with Gasteiger partial charge in [-0.05, 0) is 38.5 Å². The molecule has 0 aliphatic heterocycles. The van der Waals surface area contributed by atoms with Gasteiger partial charge in [0.05, 0.1) is 11.3 Å². The molecule has 1 amide bonds. The average Bonchev–Trinajstić information content (AvgIpc) is 2.94. The third-order valence-corrected chi connectivity index (χ3v) is 5.76. The predicted octanol–water partition coefficient (Wildman–Crippen LogP) is 4.37. The van der Waals surface area contributed by atoms with Gasteiger partial charge in [-0.15, -0.1) is 0 Å². The van der Waals surface area contributed by atoms with Crippen molar-refractivity contribution in [1.29, 1.82) is 0 Å². The molecule has 0 fully saturated rings. The Hall–Kier alpha value is -2.62. The van der Waals surface area contributed by atoms with Gasteiger partial charge in [0.2, 0.25) is 0 Å². The van der Waals surface area contributed by atoms with Crippen molar-refractivity contribution in [3.8, 4) is 0 Å². The first-order valence-electron chi connectivity index (χ1n) is 8.94. The number of aryl methyl sites for hydroxylation is 2. The summed E-state index contributed by atoms with van der Waals surface area (Å²) in [5.74, 6) is -0.0882. The van der Waals surface area contributed by atoms with Crippen LogP contribution < -0.4 is 5.32 Å². The van der Waals surface area contributed by atoms with E-state index in [0.29, 0.717) is 5.56 Å². The van der Waals surface area contributed by atoms with Crippen molar-refractivity contribution < 1.29 is 4.79 Å². The van der Waals surface area contributed by atoms with Crippen LogP contribution in [0.25, 0.3) is 11.0 Å². The molecule has 1 N–H and O–H groups in total. The maximum Gasteiger partial charge on any atom is 0.253 e. The van der Waals surface area contributed by atoms with E-state index in [1.54, 1.807) is 0 Å². The van der Waals surface area contributed by atoms with Gasteiger partial charge < -0.3 is 9.88 Å². The van der Waals surface area contributed by atoms with Crippen LogP contribution >= 0.6 is 0 Å². The molecule has 1 aromatic carbocycles. The number of nitrogens with one attached hydrogen (secondary N) is 1. The lowest BCUT2D eigenvalue weighted by molar-refractivity contribution is 0.0871. The summed E-state index contributed by atoms with van der Waals surface area (Å²) in [6.07, 6.45) is 1.96. The largest absolute Gasteiger partial charge is 0.346 e. The first kappa shape index (κ1) is 18.2. The minimum absolute atomic E-state index is 0.0882. The summed E-state index contributed by atoms with van der Waals surface area (Å²) in [4.78, 5) is 17.7. The van der Waals surface area contributed by atoms with Crippen LogP contribution in [-0.4, -0.2) is 21.0 Å². The molecular formula is C22H27N3O. The molecule has 0 spiro atoms. The first-order chi connectivity index (χ1) is 12.1. The van der Waals surface area contributed by atoms with Gasteiger partial charge in [0.25, 0.3) is 5.91 Å². The Balaban J connectivity index is 1.92. The van der Waals surface area contributed by atoms with Crippen LogP contribution in [0, 0.1) is 6.92 Å². The van der Waals surface area contributed by atoms with E-state index in [9.17, 15) is 4.79 Å². The Morgan fingerprint density at radius 2 is 1.73 bits per heavy atom. The summed E-state index contributed by atoms with van der Waals surface area (Å²) in [6, 6.07) is 14.2. The maximum absolute atomic E-state index is 13.1. The lowest BCUT2D eigenvalue weighted by Gasteiger charge is -2.43. The van der Waals surface area contributed by atoms with Gasteiger partial charge in [0.15, 0.2) is 0 Å². The Labute approximate surface area is 155 Å². The van der Waals surface area contributed by atoms with Crippen LogP contribution in [0.5, 0.6) is 0 Å². The smallest absolute Gasteiger partial charge is 0.253 e. The van der Waals surface area contributed by atoms with E-state index in [0.717, 1.165) is 16.7 Å². The second-order valence-electron chi connectivity index (χ2n) is 8.03. The van der Waals surface area contributed by atoms with Gasteiger partial charge in [-0.25, -0.2) is 4.98 Å². The molecule has 0 aliphatic carbocycles. The Morgan fingerprint density at radius 3 is 2.38 bits per heavy atom. The average molecular weight is 349 g/mol. The molecule has 0 saturated heterocycles. The molecule has 0 aliphatic rings. The zero-order chi connectivity index (χ0) is 19.1. The standard InChI is InChI=1S/C22H27N3O/c1-15-18(14-16-12-13-25(6)19(16)23-15)20(26)24-22(4,5)21(2,3)17-10-8-7-9-11-17/h7-14H,1-6H3,(H,24,26). The second kappa shape index (κ2) is 6.27. The molecule has 0 bridgehead atoms. The molecule has 0 radical (unpaired) electrons. The van der Waals surface area contributed by atoms with Crippen molar-refractivity contribution in [2.75, 3.05) is 0 Å². The number of rotatable bonds is 4. The fourth-order valence-corrected chi connectivity index (χ4v) is 3.23. The lowest BCUT2D eigenvalue weighted by atomic mass is 9.69. The van der Waals surface area contributed by atoms with Gasteiger partial charge in [-0.1, -0.05) is 44.2 Å². The third kappa shape index (κ3) is 3.00. The highest BCUT2D eigenvalue weighted by molar-refractivity contribution is 5.98. The lowest BCUT2D eigenvalue weighted by Crippen LogP contribution is -2.56. The summed E-state index contributed by atoms with van der Waals surface area (Å²) >= 11 is 0. The number of benzene rings is 1. The van der Waals surface area contributed by atoms with Gasteiger partial charge in [-0.3, -0.25) is 4.79 Å². The maximum atomic E-state index is 13.1. The number of hydrogen-bond acceptors (Lipinski definition) is 2. The van der Waals surface area contributed by atoms with E-state index in [4.69, 9.17) is 0 Å². The van der Waals surface area contributed by atoms with Gasteiger partial charge in [0, 0.05) is 29.6 Å². The number of aromatic nitrogens is 2. The predicted molar refractivity (Wildman–Crippen MR) is 106 cm³/mol. The molecule has 2 aromatic heterocycles. The van der Waals surface area contributed by atoms with E-state index < -0.39 is 5.54 Å². The third-order valence-electron chi connectivity index (χ3n) is 5.76. The van der Waals surface area contributed by atoms with E-state index in [1.807, 2.05) is 55.1 Å². The normalized spacial score (nSPS) is 12.4. The molecule has 0 saturated carbocycles. The zero-order valence-electron chi connectivity index (χ0n) is 16.4. The molecular weight excluding hydrogens is 322 g/mol. The molecule has 3 aromatic rings. The number of amides is 1. The highest BCUT2D eigenvalue weighted by Crippen LogP contribution is 2.35. The number of carbonyl (C=O) groups is 1. The minimum Gasteiger partial charge on any atom is -0.346 e. The molecule has 3 rings (SSSR count). The molecule has 26 heavy (non-hydrogen) atoms. The zero-order valence-corrected chi connectivity index (χ0v) is 16.4.